The number of aliphatic hydroxyl groups excluding tert-OH is 1. The summed E-state index contributed by atoms with van der Waals surface area (Å²) in [5.41, 5.74) is 4.31. The van der Waals surface area contributed by atoms with Crippen molar-refractivity contribution < 1.29 is 34.1 Å². The molecule has 0 heterocycles. The molecule has 0 fully saturated rings. The van der Waals surface area contributed by atoms with Crippen LogP contribution in [0, 0.1) is 0 Å². The first-order chi connectivity index (χ1) is 16.3. The Morgan fingerprint density at radius 3 is 2.21 bits per heavy atom. The maximum Gasteiger partial charge on any atom is 0.407 e. The number of carbonyl (C=O) groups is 3. The number of likely N-dealkylation sites (N-methyl/N-ethyl adjacent to an activating group) is 1. The molecular weight excluding hydrogens is 440 g/mol. The molecule has 1 aliphatic carbocycles. The van der Waals surface area contributed by atoms with E-state index in [9.17, 15) is 19.5 Å². The quantitative estimate of drug-likeness (QED) is 0.460. The molecule has 0 bridgehead atoms. The first kappa shape index (κ1) is 25.2. The Kier molecular flexibility index (Phi) is 8.61. The summed E-state index contributed by atoms with van der Waals surface area (Å²) in [4.78, 5) is 37.7. The number of amides is 2. The van der Waals surface area contributed by atoms with E-state index in [1.807, 2.05) is 48.5 Å². The van der Waals surface area contributed by atoms with E-state index in [0.29, 0.717) is 0 Å². The van der Waals surface area contributed by atoms with E-state index in [1.54, 1.807) is 0 Å². The van der Waals surface area contributed by atoms with Crippen LogP contribution in [-0.4, -0.2) is 79.1 Å². The number of ether oxygens (including phenoxy) is 2. The van der Waals surface area contributed by atoms with Crippen LogP contribution in [0.3, 0.4) is 0 Å². The molecule has 0 spiro atoms. The molecule has 2 aromatic carbocycles. The molecule has 0 aromatic heterocycles. The number of hydrogen-bond acceptors (Lipinski definition) is 6. The van der Waals surface area contributed by atoms with Crippen molar-refractivity contribution in [1.29, 1.82) is 0 Å². The molecule has 0 saturated carbocycles. The van der Waals surface area contributed by atoms with Crippen molar-refractivity contribution in [3.63, 3.8) is 0 Å². The van der Waals surface area contributed by atoms with Crippen LogP contribution in [-0.2, 0) is 19.1 Å². The lowest BCUT2D eigenvalue weighted by molar-refractivity contribution is -0.138. The fourth-order valence-electron chi connectivity index (χ4n) is 4.22. The highest BCUT2D eigenvalue weighted by atomic mass is 16.5. The molecule has 0 radical (unpaired) electrons. The zero-order valence-corrected chi connectivity index (χ0v) is 19.3. The molecule has 2 unspecified atom stereocenters. The van der Waals surface area contributed by atoms with E-state index in [1.165, 1.54) is 19.1 Å². The average molecular weight is 471 g/mol. The lowest BCUT2D eigenvalue weighted by atomic mass is 9.98. The van der Waals surface area contributed by atoms with Gasteiger partial charge in [-0.2, -0.15) is 0 Å². The second kappa shape index (κ2) is 11.6. The van der Waals surface area contributed by atoms with E-state index in [-0.39, 0.29) is 38.5 Å². The molecule has 2 amide bonds. The summed E-state index contributed by atoms with van der Waals surface area (Å²) in [5.74, 6) is -1.75. The minimum absolute atomic E-state index is 0.0252. The highest BCUT2D eigenvalue weighted by Crippen LogP contribution is 2.44. The number of fused-ring (bicyclic) bond motifs is 3. The topological polar surface area (TPSA) is 125 Å². The van der Waals surface area contributed by atoms with E-state index in [0.717, 1.165) is 22.3 Å². The number of methoxy groups -OCH3 is 1. The van der Waals surface area contributed by atoms with E-state index >= 15 is 0 Å². The predicted molar refractivity (Wildman–Crippen MR) is 124 cm³/mol. The maximum atomic E-state index is 12.8. The van der Waals surface area contributed by atoms with Crippen LogP contribution in [0.5, 0.6) is 0 Å². The number of aliphatic hydroxyl groups is 1. The third kappa shape index (κ3) is 6.12. The van der Waals surface area contributed by atoms with Gasteiger partial charge >= 0.3 is 12.1 Å². The van der Waals surface area contributed by atoms with Gasteiger partial charge in [0.15, 0.2) is 0 Å². The van der Waals surface area contributed by atoms with Gasteiger partial charge in [0, 0.05) is 33.0 Å². The van der Waals surface area contributed by atoms with Gasteiger partial charge in [-0.15, -0.1) is 0 Å². The number of carboxylic acid groups (broad SMARTS) is 1. The fraction of sp³-hybridized carbons (Fsp3) is 0.400. The SMILES string of the molecule is COCC(O)CN(C)C(=O)C(CCC(=O)O)NC(=O)OCC1c2ccccc2-c2ccccc21. The van der Waals surface area contributed by atoms with Gasteiger partial charge in [0.25, 0.3) is 0 Å². The van der Waals surface area contributed by atoms with E-state index in [2.05, 4.69) is 5.32 Å². The summed E-state index contributed by atoms with van der Waals surface area (Å²) >= 11 is 0. The highest BCUT2D eigenvalue weighted by molar-refractivity contribution is 5.86. The second-order valence-electron chi connectivity index (χ2n) is 8.28. The molecule has 2 aromatic rings. The smallest absolute Gasteiger partial charge is 0.407 e. The summed E-state index contributed by atoms with van der Waals surface area (Å²) in [6.45, 7) is 0.0852. The minimum atomic E-state index is -1.11. The van der Waals surface area contributed by atoms with Crippen molar-refractivity contribution >= 4 is 18.0 Å². The summed E-state index contributed by atoms with van der Waals surface area (Å²) in [5, 5.41) is 21.4. The van der Waals surface area contributed by atoms with Crippen LogP contribution in [0.15, 0.2) is 48.5 Å². The first-order valence-electron chi connectivity index (χ1n) is 11.1. The molecule has 9 nitrogen and oxygen atoms in total. The number of carbonyl (C=O) groups excluding carboxylic acids is 2. The fourth-order valence-corrected chi connectivity index (χ4v) is 4.22. The van der Waals surface area contributed by atoms with E-state index in [4.69, 9.17) is 14.6 Å². The van der Waals surface area contributed by atoms with Crippen molar-refractivity contribution in [3.8, 4) is 11.1 Å². The van der Waals surface area contributed by atoms with Gasteiger partial charge in [0.05, 0.1) is 12.7 Å². The highest BCUT2D eigenvalue weighted by Gasteiger charge is 2.30. The molecule has 0 aliphatic heterocycles. The zero-order chi connectivity index (χ0) is 24.7. The molecule has 182 valence electrons. The Morgan fingerprint density at radius 1 is 1.06 bits per heavy atom. The summed E-state index contributed by atoms with van der Waals surface area (Å²) in [7, 11) is 2.90. The minimum Gasteiger partial charge on any atom is -0.481 e. The Morgan fingerprint density at radius 2 is 1.65 bits per heavy atom. The number of aliphatic carboxylic acids is 1. The Bertz CT molecular complexity index is 980. The van der Waals surface area contributed by atoms with E-state index < -0.39 is 30.1 Å². The lowest BCUT2D eigenvalue weighted by Crippen LogP contribution is -2.49. The largest absolute Gasteiger partial charge is 0.481 e. The molecule has 9 heteroatoms. The monoisotopic (exact) mass is 470 g/mol. The Labute approximate surface area is 198 Å². The lowest BCUT2D eigenvalue weighted by Gasteiger charge is -2.26. The Hall–Kier alpha value is -3.43. The van der Waals surface area contributed by atoms with Crippen LogP contribution >= 0.6 is 0 Å². The number of rotatable bonds is 11. The van der Waals surface area contributed by atoms with Gasteiger partial charge in [-0.05, 0) is 28.7 Å². The molecule has 3 N–H and O–H groups in total. The molecule has 1 aliphatic rings. The molecule has 2 atom stereocenters. The first-order valence-corrected chi connectivity index (χ1v) is 11.1. The standard InChI is InChI=1S/C25H30N2O7/c1-27(13-16(28)14-33-2)24(31)22(11-12-23(29)30)26-25(32)34-15-21-19-9-5-3-7-17(19)18-8-4-6-10-20(18)21/h3-10,16,21-22,28H,11-15H2,1-2H3,(H,26,32)(H,29,30). The van der Waals surface area contributed by atoms with Crippen LogP contribution in [0.4, 0.5) is 4.79 Å². The van der Waals surface area contributed by atoms with Gasteiger partial charge < -0.3 is 29.9 Å². The maximum absolute atomic E-state index is 12.8. The van der Waals surface area contributed by atoms with Crippen LogP contribution < -0.4 is 5.32 Å². The van der Waals surface area contributed by atoms with Crippen molar-refractivity contribution in [2.75, 3.05) is 33.9 Å². The Balaban J connectivity index is 1.65. The number of alkyl carbamates (subject to hydrolysis) is 1. The third-order valence-corrected chi connectivity index (χ3v) is 5.80. The van der Waals surface area contributed by atoms with Crippen molar-refractivity contribution in [2.24, 2.45) is 0 Å². The average Bonchev–Trinajstić information content (AvgIpc) is 3.13. The number of nitrogens with one attached hydrogen (secondary N) is 1. The van der Waals surface area contributed by atoms with Crippen LogP contribution in [0.25, 0.3) is 11.1 Å². The van der Waals surface area contributed by atoms with Gasteiger partial charge in [-0.3, -0.25) is 9.59 Å². The predicted octanol–water partition coefficient (Wildman–Crippen LogP) is 2.22. The molecule has 3 rings (SSSR count). The molecular formula is C25H30N2O7. The molecule has 0 saturated heterocycles. The number of benzene rings is 2. The number of nitrogens with zero attached hydrogens (tertiary/aromatic N) is 1. The summed E-state index contributed by atoms with van der Waals surface area (Å²) in [6.07, 6.45) is -2.14. The zero-order valence-electron chi connectivity index (χ0n) is 19.3. The van der Waals surface area contributed by atoms with Crippen molar-refractivity contribution in [3.05, 3.63) is 59.7 Å². The van der Waals surface area contributed by atoms with Crippen molar-refractivity contribution in [2.45, 2.75) is 30.9 Å². The van der Waals surface area contributed by atoms with Gasteiger partial charge in [-0.25, -0.2) is 4.79 Å². The summed E-state index contributed by atoms with van der Waals surface area (Å²) < 4.78 is 10.4. The third-order valence-electron chi connectivity index (χ3n) is 5.80. The molecule has 34 heavy (non-hydrogen) atoms. The van der Waals surface area contributed by atoms with Gasteiger partial charge in [0.2, 0.25) is 5.91 Å². The normalized spacial score (nSPS) is 14.0. The van der Waals surface area contributed by atoms with Gasteiger partial charge in [0.1, 0.15) is 12.6 Å². The number of carboxylic acids is 1. The van der Waals surface area contributed by atoms with Crippen LogP contribution in [0.2, 0.25) is 0 Å². The van der Waals surface area contributed by atoms with Crippen LogP contribution in [0.1, 0.15) is 29.9 Å². The van der Waals surface area contributed by atoms with Crippen molar-refractivity contribution in [1.82, 2.24) is 10.2 Å². The number of hydrogen-bond donors (Lipinski definition) is 3. The summed E-state index contributed by atoms with van der Waals surface area (Å²) in [6, 6.07) is 14.8. The second-order valence-corrected chi connectivity index (χ2v) is 8.28. The van der Waals surface area contributed by atoms with Gasteiger partial charge in [-0.1, -0.05) is 48.5 Å².